The average molecular weight is 412 g/mol. The molecular formula is C15H29N3O4S3. The first-order valence-electron chi connectivity index (χ1n) is 7.93. The van der Waals surface area contributed by atoms with Crippen LogP contribution in [0.3, 0.4) is 0 Å². The standard InChI is InChI=1S/C15H29N3O4S3/c1-23-7-4-10(16)13(19)17-11(5-8-24-2)14(20)18-12(15(21)22)6-9-25-3/h10-12H,4-9,16H2,1-3H3,(H,17,19)(H,18,20)(H,21,22)/t10?,11-,12-/m0/s1. The predicted molar refractivity (Wildman–Crippen MR) is 108 cm³/mol. The third kappa shape index (κ3) is 10.9. The quantitative estimate of drug-likeness (QED) is 0.328. The fraction of sp³-hybridized carbons (Fsp3) is 0.800. The molecule has 0 heterocycles. The second-order valence-electron chi connectivity index (χ2n) is 5.41. The zero-order chi connectivity index (χ0) is 19.2. The van der Waals surface area contributed by atoms with Gasteiger partial charge in [-0.3, -0.25) is 9.59 Å². The van der Waals surface area contributed by atoms with Crippen LogP contribution in [0.5, 0.6) is 0 Å². The Morgan fingerprint density at radius 3 is 1.76 bits per heavy atom. The molecule has 0 rings (SSSR count). The van der Waals surface area contributed by atoms with Gasteiger partial charge in [-0.2, -0.15) is 35.3 Å². The molecule has 0 spiro atoms. The van der Waals surface area contributed by atoms with Gasteiger partial charge in [0.05, 0.1) is 6.04 Å². The zero-order valence-corrected chi connectivity index (χ0v) is 17.4. The minimum absolute atomic E-state index is 0.332. The molecule has 0 fully saturated rings. The molecule has 5 N–H and O–H groups in total. The first-order valence-corrected chi connectivity index (χ1v) is 12.1. The lowest BCUT2D eigenvalue weighted by Crippen LogP contribution is -2.54. The Bertz CT molecular complexity index is 427. The van der Waals surface area contributed by atoms with E-state index in [1.165, 1.54) is 11.8 Å². The Morgan fingerprint density at radius 2 is 1.28 bits per heavy atom. The molecular weight excluding hydrogens is 382 g/mol. The number of thioether (sulfide) groups is 3. The second-order valence-corrected chi connectivity index (χ2v) is 8.37. The van der Waals surface area contributed by atoms with Crippen LogP contribution in [0.2, 0.25) is 0 Å². The molecule has 0 saturated carbocycles. The van der Waals surface area contributed by atoms with E-state index in [1.54, 1.807) is 23.5 Å². The van der Waals surface area contributed by atoms with Crippen molar-refractivity contribution >= 4 is 53.1 Å². The summed E-state index contributed by atoms with van der Waals surface area (Å²) in [4.78, 5) is 35.9. The summed E-state index contributed by atoms with van der Waals surface area (Å²) in [5, 5.41) is 14.4. The van der Waals surface area contributed by atoms with Gasteiger partial charge in [0.15, 0.2) is 0 Å². The molecule has 0 aromatic rings. The Morgan fingerprint density at radius 1 is 0.840 bits per heavy atom. The lowest BCUT2D eigenvalue weighted by Gasteiger charge is -2.22. The molecule has 3 atom stereocenters. The van der Waals surface area contributed by atoms with Gasteiger partial charge in [-0.15, -0.1) is 0 Å². The number of rotatable bonds is 14. The monoisotopic (exact) mass is 411 g/mol. The summed E-state index contributed by atoms with van der Waals surface area (Å²) in [7, 11) is 0. The molecule has 0 bridgehead atoms. The first kappa shape index (κ1) is 24.4. The molecule has 25 heavy (non-hydrogen) atoms. The van der Waals surface area contributed by atoms with Crippen molar-refractivity contribution < 1.29 is 19.5 Å². The Labute approximate surface area is 162 Å². The number of hydrogen-bond acceptors (Lipinski definition) is 7. The lowest BCUT2D eigenvalue weighted by atomic mass is 10.1. The molecule has 1 unspecified atom stereocenters. The highest BCUT2D eigenvalue weighted by Crippen LogP contribution is 2.06. The molecule has 10 heteroatoms. The molecule has 0 aliphatic rings. The number of carboxylic acids is 1. The van der Waals surface area contributed by atoms with Crippen LogP contribution in [0.1, 0.15) is 19.3 Å². The molecule has 0 aliphatic heterocycles. The van der Waals surface area contributed by atoms with Crippen LogP contribution >= 0.6 is 35.3 Å². The van der Waals surface area contributed by atoms with Crippen LogP contribution in [0, 0.1) is 0 Å². The molecule has 146 valence electrons. The van der Waals surface area contributed by atoms with Crippen molar-refractivity contribution in [2.24, 2.45) is 5.73 Å². The van der Waals surface area contributed by atoms with Gasteiger partial charge in [0.2, 0.25) is 11.8 Å². The number of carboxylic acid groups (broad SMARTS) is 1. The zero-order valence-electron chi connectivity index (χ0n) is 14.9. The third-order valence-electron chi connectivity index (χ3n) is 3.44. The third-order valence-corrected chi connectivity index (χ3v) is 5.37. The summed E-state index contributed by atoms with van der Waals surface area (Å²) in [5.41, 5.74) is 5.84. The van der Waals surface area contributed by atoms with E-state index in [0.29, 0.717) is 30.8 Å². The number of aliphatic carboxylic acids is 1. The number of nitrogens with two attached hydrogens (primary N) is 1. The van der Waals surface area contributed by atoms with Crippen molar-refractivity contribution in [3.8, 4) is 0 Å². The van der Waals surface area contributed by atoms with Gasteiger partial charge in [0.1, 0.15) is 12.1 Å². The molecule has 2 amide bonds. The maximum Gasteiger partial charge on any atom is 0.326 e. The Hall–Kier alpha value is -0.580. The number of nitrogens with one attached hydrogen (secondary N) is 2. The predicted octanol–water partition coefficient (Wildman–Crippen LogP) is 0.627. The number of amides is 2. The fourth-order valence-electron chi connectivity index (χ4n) is 1.92. The van der Waals surface area contributed by atoms with Gasteiger partial charge in [-0.05, 0) is 55.3 Å². The maximum absolute atomic E-state index is 12.4. The average Bonchev–Trinajstić information content (AvgIpc) is 2.59. The summed E-state index contributed by atoms with van der Waals surface area (Å²) in [6.45, 7) is 0. The van der Waals surface area contributed by atoms with E-state index in [2.05, 4.69) is 10.6 Å². The summed E-state index contributed by atoms with van der Waals surface area (Å²) in [5.74, 6) is 0.110. The van der Waals surface area contributed by atoms with Crippen molar-refractivity contribution in [3.05, 3.63) is 0 Å². The molecule has 0 saturated heterocycles. The minimum atomic E-state index is -1.07. The molecule has 7 nitrogen and oxygen atoms in total. The van der Waals surface area contributed by atoms with E-state index >= 15 is 0 Å². The van der Waals surface area contributed by atoms with Gasteiger partial charge in [-0.25, -0.2) is 4.79 Å². The Kier molecular flexibility index (Phi) is 14.2. The molecule has 0 radical (unpaired) electrons. The topological polar surface area (TPSA) is 122 Å². The van der Waals surface area contributed by atoms with E-state index in [0.717, 1.165) is 5.75 Å². The largest absolute Gasteiger partial charge is 0.480 e. The van der Waals surface area contributed by atoms with Crippen LogP contribution < -0.4 is 16.4 Å². The van der Waals surface area contributed by atoms with Crippen molar-refractivity contribution in [2.75, 3.05) is 36.0 Å². The van der Waals surface area contributed by atoms with Gasteiger partial charge in [0.25, 0.3) is 0 Å². The van der Waals surface area contributed by atoms with Crippen molar-refractivity contribution in [1.29, 1.82) is 0 Å². The normalized spacial score (nSPS) is 14.4. The van der Waals surface area contributed by atoms with Crippen LogP contribution in [-0.2, 0) is 14.4 Å². The first-order chi connectivity index (χ1) is 11.9. The van der Waals surface area contributed by atoms with E-state index in [1.807, 2.05) is 18.8 Å². The molecule has 0 aromatic heterocycles. The summed E-state index contributed by atoms with van der Waals surface area (Å²) in [6.07, 6.45) is 6.98. The maximum atomic E-state index is 12.4. The highest BCUT2D eigenvalue weighted by atomic mass is 32.2. The van der Waals surface area contributed by atoms with Crippen molar-refractivity contribution in [2.45, 2.75) is 37.4 Å². The lowest BCUT2D eigenvalue weighted by molar-refractivity contribution is -0.142. The van der Waals surface area contributed by atoms with E-state index in [9.17, 15) is 19.5 Å². The summed E-state index contributed by atoms with van der Waals surface area (Å²) in [6, 6.07) is -2.42. The molecule has 0 aromatic carbocycles. The van der Waals surface area contributed by atoms with E-state index in [-0.39, 0.29) is 5.91 Å². The highest BCUT2D eigenvalue weighted by molar-refractivity contribution is 7.98. The number of hydrogen-bond donors (Lipinski definition) is 4. The smallest absolute Gasteiger partial charge is 0.326 e. The van der Waals surface area contributed by atoms with E-state index < -0.39 is 30.0 Å². The number of carbonyl (C=O) groups is 3. The minimum Gasteiger partial charge on any atom is -0.480 e. The van der Waals surface area contributed by atoms with Gasteiger partial charge < -0.3 is 21.5 Å². The van der Waals surface area contributed by atoms with Crippen molar-refractivity contribution in [3.63, 3.8) is 0 Å². The van der Waals surface area contributed by atoms with E-state index in [4.69, 9.17) is 5.73 Å². The Balaban J connectivity index is 4.83. The van der Waals surface area contributed by atoms with Crippen LogP contribution in [0.25, 0.3) is 0 Å². The highest BCUT2D eigenvalue weighted by Gasteiger charge is 2.27. The van der Waals surface area contributed by atoms with Gasteiger partial charge >= 0.3 is 5.97 Å². The fourth-order valence-corrected chi connectivity index (χ4v) is 3.36. The summed E-state index contributed by atoms with van der Waals surface area (Å²) >= 11 is 4.66. The van der Waals surface area contributed by atoms with Gasteiger partial charge in [-0.1, -0.05) is 0 Å². The molecule has 0 aliphatic carbocycles. The van der Waals surface area contributed by atoms with Crippen LogP contribution in [-0.4, -0.2) is 77.0 Å². The van der Waals surface area contributed by atoms with Crippen LogP contribution in [0.4, 0.5) is 0 Å². The van der Waals surface area contributed by atoms with Crippen molar-refractivity contribution in [1.82, 2.24) is 10.6 Å². The number of carbonyl (C=O) groups excluding carboxylic acids is 2. The second kappa shape index (κ2) is 14.6. The van der Waals surface area contributed by atoms with Gasteiger partial charge in [0, 0.05) is 0 Å². The SMILES string of the molecule is CSCCC(N)C(=O)N[C@@H](CCSC)C(=O)N[C@@H](CCSC)C(=O)O. The summed E-state index contributed by atoms with van der Waals surface area (Å²) < 4.78 is 0. The van der Waals surface area contributed by atoms with Crippen LogP contribution in [0.15, 0.2) is 0 Å².